The monoisotopic (exact) mass is 363 g/mol. The maximum atomic E-state index is 12.5. The lowest BCUT2D eigenvalue weighted by molar-refractivity contribution is -0.274. The molecule has 0 saturated heterocycles. The molecule has 0 aliphatic rings. The SMILES string of the molecule is CN(C(=O)OC(C)(C)C)[C@@H](Cc1ccccc1OC(F)(F)F)C(=O)O. The standard InChI is InChI=1S/C16H20F3NO5/c1-15(2,3)25-14(23)20(4)11(13(21)22)9-10-7-5-6-8-12(10)24-16(17,18)19/h5-8,11H,9H2,1-4H3,(H,21,22)/t11-/m0/s1. The summed E-state index contributed by atoms with van der Waals surface area (Å²) < 4.78 is 46.4. The molecular formula is C16H20F3NO5. The predicted octanol–water partition coefficient (Wildman–Crippen LogP) is 3.45. The first-order valence-electron chi connectivity index (χ1n) is 7.32. The third-order valence-corrected chi connectivity index (χ3v) is 3.05. The number of hydrogen-bond acceptors (Lipinski definition) is 4. The fraction of sp³-hybridized carbons (Fsp3) is 0.500. The minimum Gasteiger partial charge on any atom is -0.480 e. The maximum Gasteiger partial charge on any atom is 0.573 e. The summed E-state index contributed by atoms with van der Waals surface area (Å²) in [5.41, 5.74) is -0.839. The molecule has 1 rings (SSSR count). The summed E-state index contributed by atoms with van der Waals surface area (Å²) in [4.78, 5) is 24.4. The first-order chi connectivity index (χ1) is 11.3. The maximum absolute atomic E-state index is 12.5. The molecular weight excluding hydrogens is 343 g/mol. The van der Waals surface area contributed by atoms with Crippen LogP contribution < -0.4 is 4.74 Å². The van der Waals surface area contributed by atoms with Gasteiger partial charge < -0.3 is 14.6 Å². The number of carboxylic acids is 1. The highest BCUT2D eigenvalue weighted by atomic mass is 19.4. The lowest BCUT2D eigenvalue weighted by Gasteiger charge is -2.29. The number of carboxylic acid groups (broad SMARTS) is 1. The van der Waals surface area contributed by atoms with Gasteiger partial charge in [0.2, 0.25) is 0 Å². The van der Waals surface area contributed by atoms with Crippen LogP contribution in [0.25, 0.3) is 0 Å². The zero-order valence-corrected chi connectivity index (χ0v) is 14.3. The lowest BCUT2D eigenvalue weighted by atomic mass is 10.0. The molecule has 0 saturated carbocycles. The van der Waals surface area contributed by atoms with E-state index in [1.165, 1.54) is 25.2 Å². The second kappa shape index (κ2) is 7.62. The summed E-state index contributed by atoms with van der Waals surface area (Å²) >= 11 is 0. The Bertz CT molecular complexity index is 625. The van der Waals surface area contributed by atoms with Crippen LogP contribution in [0.3, 0.4) is 0 Å². The number of aliphatic carboxylic acids is 1. The Labute approximate surface area is 143 Å². The van der Waals surface area contributed by atoms with Gasteiger partial charge in [-0.05, 0) is 32.4 Å². The number of likely N-dealkylation sites (N-methyl/N-ethyl adjacent to an activating group) is 1. The third kappa shape index (κ3) is 6.90. The van der Waals surface area contributed by atoms with Crippen molar-refractivity contribution in [2.24, 2.45) is 0 Å². The Morgan fingerprint density at radius 1 is 1.20 bits per heavy atom. The Morgan fingerprint density at radius 3 is 2.24 bits per heavy atom. The number of halogens is 3. The van der Waals surface area contributed by atoms with Gasteiger partial charge in [0.1, 0.15) is 17.4 Å². The van der Waals surface area contributed by atoms with Gasteiger partial charge >= 0.3 is 18.4 Å². The molecule has 25 heavy (non-hydrogen) atoms. The second-order valence-corrected chi connectivity index (χ2v) is 6.30. The van der Waals surface area contributed by atoms with Gasteiger partial charge in [0, 0.05) is 13.5 Å². The number of para-hydroxylation sites is 1. The topological polar surface area (TPSA) is 76.1 Å². The van der Waals surface area contributed by atoms with E-state index in [1.54, 1.807) is 20.8 Å². The summed E-state index contributed by atoms with van der Waals surface area (Å²) in [6, 6.07) is 3.74. The summed E-state index contributed by atoms with van der Waals surface area (Å²) in [5.74, 6) is -1.89. The Morgan fingerprint density at radius 2 is 1.76 bits per heavy atom. The molecule has 1 N–H and O–H groups in total. The molecule has 0 aliphatic carbocycles. The molecule has 1 amide bonds. The van der Waals surface area contributed by atoms with Gasteiger partial charge in [-0.2, -0.15) is 0 Å². The summed E-state index contributed by atoms with van der Waals surface area (Å²) in [6.07, 6.45) is -6.18. The molecule has 140 valence electrons. The normalized spacial score (nSPS) is 13.1. The highest BCUT2D eigenvalue weighted by Crippen LogP contribution is 2.28. The highest BCUT2D eigenvalue weighted by molar-refractivity contribution is 5.80. The molecule has 0 bridgehead atoms. The molecule has 0 unspecified atom stereocenters. The van der Waals surface area contributed by atoms with Crippen molar-refractivity contribution >= 4 is 12.1 Å². The number of carbonyl (C=O) groups excluding carboxylic acids is 1. The quantitative estimate of drug-likeness (QED) is 0.867. The molecule has 0 aromatic heterocycles. The van der Waals surface area contributed by atoms with Gasteiger partial charge in [-0.1, -0.05) is 18.2 Å². The van der Waals surface area contributed by atoms with Gasteiger partial charge in [-0.3, -0.25) is 4.90 Å². The van der Waals surface area contributed by atoms with Crippen molar-refractivity contribution in [2.75, 3.05) is 7.05 Å². The number of ether oxygens (including phenoxy) is 2. The number of nitrogens with zero attached hydrogens (tertiary/aromatic N) is 1. The van der Waals surface area contributed by atoms with Crippen LogP contribution >= 0.6 is 0 Å². The number of amides is 1. The van der Waals surface area contributed by atoms with E-state index < -0.39 is 35.8 Å². The average Bonchev–Trinajstić information content (AvgIpc) is 2.41. The van der Waals surface area contributed by atoms with E-state index >= 15 is 0 Å². The molecule has 6 nitrogen and oxygen atoms in total. The largest absolute Gasteiger partial charge is 0.573 e. The first kappa shape index (κ1) is 20.6. The third-order valence-electron chi connectivity index (χ3n) is 3.05. The highest BCUT2D eigenvalue weighted by Gasteiger charge is 2.34. The smallest absolute Gasteiger partial charge is 0.480 e. The molecule has 9 heteroatoms. The zero-order valence-electron chi connectivity index (χ0n) is 14.3. The van der Waals surface area contributed by atoms with E-state index in [-0.39, 0.29) is 12.0 Å². The van der Waals surface area contributed by atoms with Crippen molar-refractivity contribution in [1.82, 2.24) is 4.90 Å². The Hall–Kier alpha value is -2.45. The van der Waals surface area contributed by atoms with Gasteiger partial charge in [0.25, 0.3) is 0 Å². The Balaban J connectivity index is 3.03. The summed E-state index contributed by atoms with van der Waals surface area (Å²) in [7, 11) is 1.21. The van der Waals surface area contributed by atoms with Crippen molar-refractivity contribution in [3.8, 4) is 5.75 Å². The lowest BCUT2D eigenvalue weighted by Crippen LogP contribution is -2.46. The fourth-order valence-corrected chi connectivity index (χ4v) is 1.96. The van der Waals surface area contributed by atoms with Gasteiger partial charge in [-0.25, -0.2) is 9.59 Å². The van der Waals surface area contributed by atoms with Crippen LogP contribution in [0.4, 0.5) is 18.0 Å². The summed E-state index contributed by atoms with van der Waals surface area (Å²) in [6.45, 7) is 4.84. The predicted molar refractivity (Wildman–Crippen MR) is 82.2 cm³/mol. The molecule has 1 atom stereocenters. The number of hydrogen-bond donors (Lipinski definition) is 1. The molecule has 0 fully saturated rings. The van der Waals surface area contributed by atoms with E-state index in [0.717, 1.165) is 11.0 Å². The number of benzene rings is 1. The minimum absolute atomic E-state index is 0.00244. The van der Waals surface area contributed by atoms with Gasteiger partial charge in [0.05, 0.1) is 0 Å². The fourth-order valence-electron chi connectivity index (χ4n) is 1.96. The number of alkyl halides is 3. The zero-order chi connectivity index (χ0) is 19.4. The number of rotatable bonds is 5. The molecule has 1 aromatic rings. The van der Waals surface area contributed by atoms with Crippen LogP contribution in [0.5, 0.6) is 5.75 Å². The summed E-state index contributed by atoms with van der Waals surface area (Å²) in [5, 5.41) is 9.36. The molecule has 1 aromatic carbocycles. The van der Waals surface area contributed by atoms with Gasteiger partial charge in [-0.15, -0.1) is 13.2 Å². The van der Waals surface area contributed by atoms with Crippen molar-refractivity contribution < 1.29 is 37.3 Å². The van der Waals surface area contributed by atoms with Crippen LogP contribution in [0.2, 0.25) is 0 Å². The number of carbonyl (C=O) groups is 2. The van der Waals surface area contributed by atoms with Crippen molar-refractivity contribution in [3.63, 3.8) is 0 Å². The van der Waals surface area contributed by atoms with Gasteiger partial charge in [0.15, 0.2) is 0 Å². The van der Waals surface area contributed by atoms with Crippen molar-refractivity contribution in [3.05, 3.63) is 29.8 Å². The van der Waals surface area contributed by atoms with Crippen LogP contribution in [0.1, 0.15) is 26.3 Å². The van der Waals surface area contributed by atoms with Crippen LogP contribution in [-0.4, -0.2) is 47.1 Å². The van der Waals surface area contributed by atoms with E-state index in [0.29, 0.717) is 0 Å². The van der Waals surface area contributed by atoms with Crippen LogP contribution in [-0.2, 0) is 16.0 Å². The molecule has 0 spiro atoms. The first-order valence-corrected chi connectivity index (χ1v) is 7.32. The van der Waals surface area contributed by atoms with E-state index in [9.17, 15) is 27.9 Å². The van der Waals surface area contributed by atoms with Crippen LogP contribution in [0, 0.1) is 0 Å². The second-order valence-electron chi connectivity index (χ2n) is 6.30. The molecule has 0 heterocycles. The van der Waals surface area contributed by atoms with Crippen molar-refractivity contribution in [2.45, 2.75) is 45.2 Å². The average molecular weight is 363 g/mol. The molecule has 0 aliphatic heterocycles. The Kier molecular flexibility index (Phi) is 6.28. The van der Waals surface area contributed by atoms with Crippen molar-refractivity contribution in [1.29, 1.82) is 0 Å². The van der Waals surface area contributed by atoms with E-state index in [2.05, 4.69) is 4.74 Å². The van der Waals surface area contributed by atoms with Crippen LogP contribution in [0.15, 0.2) is 24.3 Å². The minimum atomic E-state index is -4.91. The van der Waals surface area contributed by atoms with E-state index in [1.807, 2.05) is 0 Å². The molecule has 0 radical (unpaired) electrons. The van der Waals surface area contributed by atoms with E-state index in [4.69, 9.17) is 4.74 Å².